The van der Waals surface area contributed by atoms with Crippen LogP contribution in [-0.4, -0.2) is 27.4 Å². The van der Waals surface area contributed by atoms with Gasteiger partial charge in [0.15, 0.2) is 11.5 Å². The van der Waals surface area contributed by atoms with Crippen LogP contribution in [0.3, 0.4) is 0 Å². The Morgan fingerprint density at radius 3 is 3.20 bits per heavy atom. The summed E-state index contributed by atoms with van der Waals surface area (Å²) < 4.78 is 6.91. The quantitative estimate of drug-likeness (QED) is 0.779. The molecule has 102 valence electrons. The lowest BCUT2D eigenvalue weighted by atomic mass is 10.2. The minimum absolute atomic E-state index is 0.248. The molecule has 3 rings (SSSR count). The normalized spacial score (nSPS) is 10.6. The number of nitrogens with zero attached hydrogens (tertiary/aromatic N) is 3. The monoisotopic (exact) mass is 288 g/mol. The van der Waals surface area contributed by atoms with Gasteiger partial charge < -0.3 is 9.84 Å². The molecule has 0 aliphatic carbocycles. The van der Waals surface area contributed by atoms with Gasteiger partial charge >= 0.3 is 0 Å². The number of thiophene rings is 1. The van der Waals surface area contributed by atoms with E-state index in [4.69, 9.17) is 4.52 Å². The zero-order valence-electron chi connectivity index (χ0n) is 10.5. The summed E-state index contributed by atoms with van der Waals surface area (Å²) in [5.74, 6) is 0.353. The third-order valence-electron chi connectivity index (χ3n) is 2.73. The number of amides is 1. The molecule has 1 amide bonds. The third kappa shape index (κ3) is 2.77. The summed E-state index contributed by atoms with van der Waals surface area (Å²) in [6, 6.07) is 5.41. The Bertz CT molecular complexity index is 673. The number of carbonyl (C=O) groups excluding carboxylic acids is 1. The minimum atomic E-state index is -0.248. The van der Waals surface area contributed by atoms with Crippen molar-refractivity contribution in [3.8, 4) is 11.3 Å². The third-order valence-corrected chi connectivity index (χ3v) is 3.42. The summed E-state index contributed by atoms with van der Waals surface area (Å²) in [5, 5.41) is 14.5. The molecule has 0 saturated carbocycles. The molecule has 3 heterocycles. The van der Waals surface area contributed by atoms with Crippen molar-refractivity contribution in [2.45, 2.75) is 6.54 Å². The Morgan fingerprint density at radius 1 is 1.50 bits per heavy atom. The van der Waals surface area contributed by atoms with Crippen LogP contribution < -0.4 is 5.32 Å². The van der Waals surface area contributed by atoms with Crippen molar-refractivity contribution in [2.75, 3.05) is 6.54 Å². The molecule has 20 heavy (non-hydrogen) atoms. The molecule has 7 heteroatoms. The zero-order valence-corrected chi connectivity index (χ0v) is 11.3. The Balaban J connectivity index is 1.57. The Kier molecular flexibility index (Phi) is 3.60. The number of nitrogens with one attached hydrogen (secondary N) is 1. The Labute approximate surface area is 119 Å². The molecule has 0 unspecified atom stereocenters. The Hall–Kier alpha value is -2.41. The molecule has 0 bridgehead atoms. The smallest absolute Gasteiger partial charge is 0.273 e. The number of hydrogen-bond acceptors (Lipinski definition) is 5. The first-order valence-electron chi connectivity index (χ1n) is 6.08. The van der Waals surface area contributed by atoms with E-state index in [9.17, 15) is 4.79 Å². The van der Waals surface area contributed by atoms with E-state index in [1.54, 1.807) is 28.3 Å². The number of aromatic nitrogens is 3. The summed E-state index contributed by atoms with van der Waals surface area (Å²) in [7, 11) is 0. The number of carbonyl (C=O) groups is 1. The van der Waals surface area contributed by atoms with Gasteiger partial charge in [-0.15, -0.1) is 0 Å². The summed E-state index contributed by atoms with van der Waals surface area (Å²) in [6.07, 6.45) is 3.55. The summed E-state index contributed by atoms with van der Waals surface area (Å²) in [4.78, 5) is 11.9. The lowest BCUT2D eigenvalue weighted by Crippen LogP contribution is -2.27. The van der Waals surface area contributed by atoms with Crippen molar-refractivity contribution in [3.63, 3.8) is 0 Å². The van der Waals surface area contributed by atoms with Crippen molar-refractivity contribution >= 4 is 17.2 Å². The first-order valence-corrected chi connectivity index (χ1v) is 7.02. The van der Waals surface area contributed by atoms with Crippen LogP contribution in [0.15, 0.2) is 45.9 Å². The van der Waals surface area contributed by atoms with E-state index in [0.29, 0.717) is 18.8 Å². The second kappa shape index (κ2) is 5.70. The molecule has 0 atom stereocenters. The second-order valence-corrected chi connectivity index (χ2v) is 4.89. The SMILES string of the molecule is O=C(NCCn1cccn1)c1cc(-c2ccsc2)on1. The Morgan fingerprint density at radius 2 is 2.45 bits per heavy atom. The van der Waals surface area contributed by atoms with Crippen LogP contribution in [0.2, 0.25) is 0 Å². The molecule has 0 aliphatic heterocycles. The van der Waals surface area contributed by atoms with Gasteiger partial charge in [0.05, 0.1) is 6.54 Å². The summed E-state index contributed by atoms with van der Waals surface area (Å²) in [6.45, 7) is 1.11. The van der Waals surface area contributed by atoms with Gasteiger partial charge in [-0.3, -0.25) is 9.48 Å². The lowest BCUT2D eigenvalue weighted by molar-refractivity contribution is 0.0943. The molecular weight excluding hydrogens is 276 g/mol. The van der Waals surface area contributed by atoms with E-state index in [0.717, 1.165) is 5.56 Å². The highest BCUT2D eigenvalue weighted by atomic mass is 32.1. The molecule has 0 spiro atoms. The fraction of sp³-hybridized carbons (Fsp3) is 0.154. The molecule has 3 aromatic rings. The van der Waals surface area contributed by atoms with Crippen molar-refractivity contribution < 1.29 is 9.32 Å². The molecule has 0 saturated heterocycles. The zero-order chi connectivity index (χ0) is 13.8. The van der Waals surface area contributed by atoms with E-state index in [2.05, 4.69) is 15.6 Å². The largest absolute Gasteiger partial charge is 0.355 e. The van der Waals surface area contributed by atoms with Gasteiger partial charge in [-0.25, -0.2) is 0 Å². The maximum absolute atomic E-state index is 11.9. The number of rotatable bonds is 5. The van der Waals surface area contributed by atoms with E-state index in [-0.39, 0.29) is 11.6 Å². The van der Waals surface area contributed by atoms with E-state index < -0.39 is 0 Å². The van der Waals surface area contributed by atoms with E-state index in [1.165, 1.54) is 0 Å². The fourth-order valence-corrected chi connectivity index (χ4v) is 2.38. The van der Waals surface area contributed by atoms with Crippen LogP contribution in [0.5, 0.6) is 0 Å². The molecule has 0 aromatic carbocycles. The highest BCUT2D eigenvalue weighted by Crippen LogP contribution is 2.22. The predicted molar refractivity (Wildman–Crippen MR) is 74.4 cm³/mol. The number of hydrogen-bond donors (Lipinski definition) is 1. The molecule has 0 aliphatic rings. The van der Waals surface area contributed by atoms with Crippen LogP contribution in [0.25, 0.3) is 11.3 Å². The highest BCUT2D eigenvalue weighted by Gasteiger charge is 2.13. The summed E-state index contributed by atoms with van der Waals surface area (Å²) >= 11 is 1.57. The standard InChI is InChI=1S/C13H12N4O2S/c18-13(14-4-6-17-5-1-3-15-17)11-8-12(19-16-11)10-2-7-20-9-10/h1-3,5,7-9H,4,6H2,(H,14,18). The molecule has 6 nitrogen and oxygen atoms in total. The van der Waals surface area contributed by atoms with Crippen molar-refractivity contribution in [1.82, 2.24) is 20.3 Å². The van der Waals surface area contributed by atoms with Gasteiger partial charge in [-0.1, -0.05) is 5.16 Å². The van der Waals surface area contributed by atoms with Crippen LogP contribution >= 0.6 is 11.3 Å². The molecule has 3 aromatic heterocycles. The summed E-state index contributed by atoms with van der Waals surface area (Å²) in [5.41, 5.74) is 1.21. The predicted octanol–water partition coefficient (Wildman–Crippen LogP) is 2.03. The lowest BCUT2D eigenvalue weighted by Gasteiger charge is -2.02. The fourth-order valence-electron chi connectivity index (χ4n) is 1.73. The topological polar surface area (TPSA) is 73.0 Å². The molecule has 0 fully saturated rings. The van der Waals surface area contributed by atoms with Crippen molar-refractivity contribution in [2.24, 2.45) is 0 Å². The first kappa shape index (κ1) is 12.6. The molecule has 0 radical (unpaired) electrons. The van der Waals surface area contributed by atoms with Crippen molar-refractivity contribution in [3.05, 3.63) is 47.0 Å². The first-order chi connectivity index (χ1) is 9.83. The van der Waals surface area contributed by atoms with Crippen LogP contribution in [-0.2, 0) is 6.54 Å². The van der Waals surface area contributed by atoms with E-state index >= 15 is 0 Å². The minimum Gasteiger partial charge on any atom is -0.355 e. The highest BCUT2D eigenvalue weighted by molar-refractivity contribution is 7.08. The van der Waals surface area contributed by atoms with Crippen LogP contribution in [0.1, 0.15) is 10.5 Å². The van der Waals surface area contributed by atoms with Gasteiger partial charge in [0.1, 0.15) is 0 Å². The maximum Gasteiger partial charge on any atom is 0.273 e. The van der Waals surface area contributed by atoms with Gasteiger partial charge in [0.2, 0.25) is 0 Å². The molecular formula is C13H12N4O2S. The van der Waals surface area contributed by atoms with Crippen molar-refractivity contribution in [1.29, 1.82) is 0 Å². The molecule has 1 N–H and O–H groups in total. The van der Waals surface area contributed by atoms with Gasteiger partial charge in [0, 0.05) is 35.9 Å². The second-order valence-electron chi connectivity index (χ2n) is 4.11. The average Bonchev–Trinajstić information content (AvgIpc) is 3.20. The van der Waals surface area contributed by atoms with Crippen LogP contribution in [0, 0.1) is 0 Å². The van der Waals surface area contributed by atoms with Crippen LogP contribution in [0.4, 0.5) is 0 Å². The van der Waals surface area contributed by atoms with E-state index in [1.807, 2.05) is 29.1 Å². The van der Waals surface area contributed by atoms with Gasteiger partial charge in [-0.05, 0) is 17.5 Å². The average molecular weight is 288 g/mol. The van der Waals surface area contributed by atoms with Gasteiger partial charge in [-0.2, -0.15) is 16.4 Å². The maximum atomic E-state index is 11.9. The van der Waals surface area contributed by atoms with Gasteiger partial charge in [0.25, 0.3) is 5.91 Å².